The molecule has 5 heterocycles. The average molecular weight is 284 g/mol. The molecule has 3 atom stereocenters. The van der Waals surface area contributed by atoms with Crippen LogP contribution in [0.1, 0.15) is 6.42 Å². The fourth-order valence-electron chi connectivity index (χ4n) is 3.80. The predicted octanol–water partition coefficient (Wildman–Crippen LogP) is 0.602. The molecular weight excluding hydrogens is 268 g/mol. The van der Waals surface area contributed by atoms with Crippen LogP contribution in [-0.2, 0) is 4.74 Å². The molecule has 0 saturated carbocycles. The third kappa shape index (κ3) is 1.61. The van der Waals surface area contributed by atoms with Gasteiger partial charge in [-0.25, -0.2) is 14.5 Å². The van der Waals surface area contributed by atoms with Crippen LogP contribution in [0.3, 0.4) is 0 Å². The first-order valence-corrected chi connectivity index (χ1v) is 7.34. The van der Waals surface area contributed by atoms with Gasteiger partial charge in [0.2, 0.25) is 0 Å². The minimum atomic E-state index is -0.105. The molecule has 2 fully saturated rings. The predicted molar refractivity (Wildman–Crippen MR) is 77.3 cm³/mol. The van der Waals surface area contributed by atoms with Crippen molar-refractivity contribution < 1.29 is 4.74 Å². The van der Waals surface area contributed by atoms with Crippen molar-refractivity contribution in [1.82, 2.24) is 19.5 Å². The SMILES string of the molecule is c1cc2c(NC3=NC[C@@]4(CN5CC[C@H]4C5)O3)ncnn2c1. The summed E-state index contributed by atoms with van der Waals surface area (Å²) in [5, 5.41) is 7.37. The number of amidine groups is 1. The van der Waals surface area contributed by atoms with Crippen LogP contribution >= 0.6 is 0 Å². The fraction of sp³-hybridized carbons (Fsp3) is 0.500. The van der Waals surface area contributed by atoms with Crippen molar-refractivity contribution in [3.05, 3.63) is 24.7 Å². The summed E-state index contributed by atoms with van der Waals surface area (Å²) in [6.45, 7) is 4.10. The van der Waals surface area contributed by atoms with Crippen molar-refractivity contribution >= 4 is 17.4 Å². The van der Waals surface area contributed by atoms with Crippen LogP contribution < -0.4 is 5.32 Å². The number of nitrogens with zero attached hydrogens (tertiary/aromatic N) is 5. The number of hydrogen-bond donors (Lipinski definition) is 1. The standard InChI is InChI=1S/C14H16N6O/c1-2-11-12(16-9-17-20(11)4-1)18-13-15-7-14(21-13)8-19-5-3-10(14)6-19/h1-2,4,9-10H,3,5-8H2,(H,15,16,17,18)/t10-,14-/m0/s1. The van der Waals surface area contributed by atoms with E-state index in [0.29, 0.717) is 11.9 Å². The van der Waals surface area contributed by atoms with Crippen LogP contribution in [0, 0.1) is 5.92 Å². The van der Waals surface area contributed by atoms with E-state index in [0.717, 1.165) is 31.0 Å². The minimum Gasteiger partial charge on any atom is -0.455 e. The average Bonchev–Trinajstić information content (AvgIpc) is 3.23. The van der Waals surface area contributed by atoms with Gasteiger partial charge in [-0.2, -0.15) is 5.10 Å². The van der Waals surface area contributed by atoms with Gasteiger partial charge in [0.05, 0.1) is 6.54 Å². The number of ether oxygens (including phenoxy) is 1. The summed E-state index contributed by atoms with van der Waals surface area (Å²) in [5.74, 6) is 1.34. The first kappa shape index (κ1) is 11.5. The van der Waals surface area contributed by atoms with Crippen molar-refractivity contribution in [3.63, 3.8) is 0 Å². The summed E-state index contributed by atoms with van der Waals surface area (Å²) in [4.78, 5) is 11.3. The zero-order chi connectivity index (χ0) is 13.9. The zero-order valence-corrected chi connectivity index (χ0v) is 11.6. The van der Waals surface area contributed by atoms with Crippen LogP contribution in [0.2, 0.25) is 0 Å². The van der Waals surface area contributed by atoms with Crippen molar-refractivity contribution in [3.8, 4) is 0 Å². The van der Waals surface area contributed by atoms with Gasteiger partial charge in [-0.3, -0.25) is 10.2 Å². The molecule has 5 rings (SSSR count). The van der Waals surface area contributed by atoms with E-state index in [1.165, 1.54) is 19.3 Å². The van der Waals surface area contributed by atoms with Crippen molar-refractivity contribution in [2.45, 2.75) is 12.0 Å². The first-order chi connectivity index (χ1) is 10.3. The molecule has 7 heteroatoms. The number of aromatic nitrogens is 3. The Morgan fingerprint density at radius 2 is 2.43 bits per heavy atom. The van der Waals surface area contributed by atoms with Crippen molar-refractivity contribution in [2.24, 2.45) is 10.9 Å². The molecule has 0 radical (unpaired) electrons. The lowest BCUT2D eigenvalue weighted by molar-refractivity contribution is 0.0364. The van der Waals surface area contributed by atoms with Crippen LogP contribution in [0.15, 0.2) is 29.6 Å². The van der Waals surface area contributed by atoms with Gasteiger partial charge in [0, 0.05) is 25.2 Å². The Morgan fingerprint density at radius 1 is 1.43 bits per heavy atom. The summed E-state index contributed by atoms with van der Waals surface area (Å²) < 4.78 is 7.98. The molecule has 21 heavy (non-hydrogen) atoms. The second-order valence-corrected chi connectivity index (χ2v) is 6.08. The van der Waals surface area contributed by atoms with E-state index in [4.69, 9.17) is 4.74 Å². The topological polar surface area (TPSA) is 67.0 Å². The molecule has 0 aromatic carbocycles. The Balaban J connectivity index is 1.39. The monoisotopic (exact) mass is 284 g/mol. The number of anilines is 1. The van der Waals surface area contributed by atoms with Gasteiger partial charge >= 0.3 is 0 Å². The molecule has 2 aromatic rings. The molecule has 1 unspecified atom stereocenters. The Kier molecular flexibility index (Phi) is 2.16. The number of aliphatic imine (C=N–C) groups is 1. The molecule has 2 aromatic heterocycles. The van der Waals surface area contributed by atoms with Gasteiger partial charge in [0.15, 0.2) is 5.82 Å². The van der Waals surface area contributed by atoms with E-state index in [2.05, 4.69) is 25.3 Å². The Morgan fingerprint density at radius 3 is 3.29 bits per heavy atom. The molecule has 1 N–H and O–H groups in total. The van der Waals surface area contributed by atoms with Gasteiger partial charge in [-0.15, -0.1) is 0 Å². The second kappa shape index (κ2) is 3.94. The summed E-state index contributed by atoms with van der Waals surface area (Å²) >= 11 is 0. The second-order valence-electron chi connectivity index (χ2n) is 6.08. The molecule has 3 aliphatic heterocycles. The number of hydrogen-bond acceptors (Lipinski definition) is 6. The van der Waals surface area contributed by atoms with Crippen molar-refractivity contribution in [1.29, 1.82) is 0 Å². The molecule has 1 spiro atoms. The molecular formula is C14H16N6O. The summed E-state index contributed by atoms with van der Waals surface area (Å²) in [6.07, 6.45) is 4.65. The molecule has 2 saturated heterocycles. The number of rotatable bonds is 1. The minimum absolute atomic E-state index is 0.105. The Hall–Kier alpha value is -2.15. The van der Waals surface area contributed by atoms with Crippen LogP contribution in [-0.4, -0.2) is 57.3 Å². The van der Waals surface area contributed by atoms with E-state index >= 15 is 0 Å². The maximum atomic E-state index is 6.20. The molecule has 3 aliphatic rings. The van der Waals surface area contributed by atoms with Gasteiger partial charge < -0.3 is 4.74 Å². The third-order valence-corrected chi connectivity index (χ3v) is 4.86. The van der Waals surface area contributed by atoms with Gasteiger partial charge in [0.25, 0.3) is 6.02 Å². The maximum Gasteiger partial charge on any atom is 0.291 e. The summed E-state index contributed by atoms with van der Waals surface area (Å²) in [7, 11) is 0. The molecule has 0 aliphatic carbocycles. The normalized spacial score (nSPS) is 33.6. The number of piperidine rings is 1. The number of fused-ring (bicyclic) bond motifs is 4. The maximum absolute atomic E-state index is 6.20. The number of nitrogens with one attached hydrogen (secondary N) is 1. The highest BCUT2D eigenvalue weighted by Crippen LogP contribution is 2.41. The van der Waals surface area contributed by atoms with E-state index in [-0.39, 0.29) is 5.60 Å². The molecule has 7 nitrogen and oxygen atoms in total. The Labute approximate surface area is 121 Å². The Bertz CT molecular complexity index is 740. The van der Waals surface area contributed by atoms with Gasteiger partial charge in [0.1, 0.15) is 17.4 Å². The van der Waals surface area contributed by atoms with E-state index in [9.17, 15) is 0 Å². The van der Waals surface area contributed by atoms with Crippen LogP contribution in [0.25, 0.3) is 5.52 Å². The van der Waals surface area contributed by atoms with Gasteiger partial charge in [-0.1, -0.05) is 0 Å². The highest BCUT2D eigenvalue weighted by molar-refractivity contribution is 5.93. The molecule has 108 valence electrons. The van der Waals surface area contributed by atoms with Crippen LogP contribution in [0.5, 0.6) is 0 Å². The third-order valence-electron chi connectivity index (χ3n) is 4.86. The smallest absolute Gasteiger partial charge is 0.291 e. The fourth-order valence-corrected chi connectivity index (χ4v) is 3.80. The zero-order valence-electron chi connectivity index (χ0n) is 11.6. The summed E-state index contributed by atoms with van der Waals surface area (Å²) in [6, 6.07) is 4.50. The van der Waals surface area contributed by atoms with Crippen LogP contribution in [0.4, 0.5) is 5.82 Å². The lowest BCUT2D eigenvalue weighted by Crippen LogP contribution is -2.46. The first-order valence-electron chi connectivity index (χ1n) is 7.34. The lowest BCUT2D eigenvalue weighted by Gasteiger charge is -2.32. The quantitative estimate of drug-likeness (QED) is 0.830. The van der Waals surface area contributed by atoms with Gasteiger partial charge in [-0.05, 0) is 25.1 Å². The van der Waals surface area contributed by atoms with Crippen molar-refractivity contribution in [2.75, 3.05) is 31.5 Å². The lowest BCUT2D eigenvalue weighted by atomic mass is 9.88. The highest BCUT2D eigenvalue weighted by atomic mass is 16.5. The summed E-state index contributed by atoms with van der Waals surface area (Å²) in [5.41, 5.74) is 0.813. The largest absolute Gasteiger partial charge is 0.455 e. The van der Waals surface area contributed by atoms with E-state index in [1.54, 1.807) is 4.52 Å². The molecule has 0 amide bonds. The molecule has 2 bridgehead atoms. The highest BCUT2D eigenvalue weighted by Gasteiger charge is 2.54. The van der Waals surface area contributed by atoms with E-state index < -0.39 is 0 Å². The van der Waals surface area contributed by atoms with E-state index in [1.807, 2.05) is 18.3 Å².